The Labute approximate surface area is 81.8 Å². The third-order valence-corrected chi connectivity index (χ3v) is 2.15. The van der Waals surface area contributed by atoms with Crippen LogP contribution in [-0.2, 0) is 0 Å². The lowest BCUT2D eigenvalue weighted by molar-refractivity contribution is 0.812. The van der Waals surface area contributed by atoms with E-state index in [1.165, 1.54) is 23.5 Å². The van der Waals surface area contributed by atoms with E-state index < -0.39 is 0 Å². The highest BCUT2D eigenvalue weighted by Crippen LogP contribution is 2.01. The average Bonchev–Trinajstić information content (AvgIpc) is 2.61. The second-order valence-corrected chi connectivity index (χ2v) is 2.95. The summed E-state index contributed by atoms with van der Waals surface area (Å²) >= 11 is 0. The Balaban J connectivity index is 2.54. The fourth-order valence-corrected chi connectivity index (χ4v) is 1.27. The molecule has 0 fully saturated rings. The molecule has 2 rings (SSSR count). The van der Waals surface area contributed by atoms with Crippen molar-refractivity contribution in [3.05, 3.63) is 24.4 Å². The highest BCUT2D eigenvalue weighted by Gasteiger charge is 2.08. The van der Waals surface area contributed by atoms with Crippen LogP contribution in [-0.4, -0.2) is 24.7 Å². The molecule has 0 aliphatic heterocycles. The lowest BCUT2D eigenvalue weighted by Gasteiger charge is -1.99. The third kappa shape index (κ3) is 1.34. The number of nitriles is 1. The second kappa shape index (κ2) is 3.48. The maximum atomic E-state index is 8.71. The van der Waals surface area contributed by atoms with Crippen LogP contribution < -0.4 is 5.44 Å². The zero-order chi connectivity index (χ0) is 9.97. The van der Waals surface area contributed by atoms with Gasteiger partial charge >= 0.3 is 0 Å². The first kappa shape index (κ1) is 8.73. The van der Waals surface area contributed by atoms with E-state index in [4.69, 9.17) is 5.26 Å². The molecule has 0 aliphatic rings. The molecular weight excluding hydrogens is 199 g/mol. The molecule has 0 saturated carbocycles. The molecule has 7 heteroatoms. The molecule has 0 aromatic carbocycles. The monoisotopic (exact) mass is 204 g/mol. The number of nitrogens with zero attached hydrogens (tertiary/aromatic N) is 6. The van der Waals surface area contributed by atoms with E-state index in [9.17, 15) is 0 Å². The predicted molar refractivity (Wildman–Crippen MR) is 51.0 cm³/mol. The highest BCUT2D eigenvalue weighted by atomic mass is 31.0. The first-order valence-corrected chi connectivity index (χ1v) is 4.26. The lowest BCUT2D eigenvalue weighted by atomic mass is 10.4. The quantitative estimate of drug-likeness (QED) is 0.581. The minimum absolute atomic E-state index is 0.395. The van der Waals surface area contributed by atoms with Gasteiger partial charge in [0.25, 0.3) is 5.95 Å². The fraction of sp³-hybridized carbons (Fsp3) is 0. The Morgan fingerprint density at radius 2 is 2.07 bits per heavy atom. The predicted octanol–water partition coefficient (Wildman–Crippen LogP) is -0.571. The number of hydrogen-bond donors (Lipinski definition) is 0. The van der Waals surface area contributed by atoms with Crippen molar-refractivity contribution in [3.63, 3.8) is 0 Å². The minimum atomic E-state index is 0.395. The van der Waals surface area contributed by atoms with Crippen molar-refractivity contribution in [1.82, 2.24) is 24.7 Å². The van der Waals surface area contributed by atoms with Crippen molar-refractivity contribution in [1.29, 1.82) is 5.26 Å². The standard InChI is InChI=1S/C7H5N6P/c8-1-5-2-12-13(6(5)14)7-10-3-9-4-11-7/h2-4H,14H2. The van der Waals surface area contributed by atoms with E-state index in [0.717, 1.165) is 0 Å². The SMILES string of the molecule is N#Cc1cnn(-c2ncncn2)c1P. The molecule has 0 N–H and O–H groups in total. The lowest BCUT2D eigenvalue weighted by Crippen LogP contribution is -2.14. The van der Waals surface area contributed by atoms with Gasteiger partial charge in [0, 0.05) is 0 Å². The van der Waals surface area contributed by atoms with Crippen LogP contribution in [0.4, 0.5) is 0 Å². The molecule has 1 atom stereocenters. The summed E-state index contributed by atoms with van der Waals surface area (Å²) < 4.78 is 1.46. The number of aromatic nitrogens is 5. The molecule has 1 unspecified atom stereocenters. The number of rotatable bonds is 1. The van der Waals surface area contributed by atoms with Gasteiger partial charge in [-0.05, 0) is 0 Å². The van der Waals surface area contributed by atoms with Crippen molar-refractivity contribution in [3.8, 4) is 12.0 Å². The highest BCUT2D eigenvalue weighted by molar-refractivity contribution is 7.27. The van der Waals surface area contributed by atoms with Crippen LogP contribution in [0, 0.1) is 11.3 Å². The Morgan fingerprint density at radius 1 is 1.36 bits per heavy atom. The molecule has 0 spiro atoms. The molecule has 0 radical (unpaired) electrons. The van der Waals surface area contributed by atoms with Gasteiger partial charge in [0.2, 0.25) is 0 Å². The van der Waals surface area contributed by atoms with E-state index in [-0.39, 0.29) is 0 Å². The molecule has 0 amide bonds. The van der Waals surface area contributed by atoms with Gasteiger partial charge in [-0.2, -0.15) is 25.0 Å². The zero-order valence-electron chi connectivity index (χ0n) is 6.99. The molecule has 2 aromatic heterocycles. The topological polar surface area (TPSA) is 80.3 Å². The molecular formula is C7H5N6P. The summed E-state index contributed by atoms with van der Waals surface area (Å²) in [5.74, 6) is 0.395. The molecule has 14 heavy (non-hydrogen) atoms. The van der Waals surface area contributed by atoms with Gasteiger partial charge in [-0.3, -0.25) is 0 Å². The third-order valence-electron chi connectivity index (χ3n) is 1.60. The summed E-state index contributed by atoms with van der Waals surface area (Å²) in [6.07, 6.45) is 4.21. The number of hydrogen-bond acceptors (Lipinski definition) is 5. The Kier molecular flexibility index (Phi) is 2.17. The first-order valence-electron chi connectivity index (χ1n) is 3.69. The van der Waals surface area contributed by atoms with E-state index in [2.05, 4.69) is 29.3 Å². The van der Waals surface area contributed by atoms with Crippen LogP contribution in [0.5, 0.6) is 0 Å². The maximum absolute atomic E-state index is 8.71. The first-order chi connectivity index (χ1) is 6.83. The van der Waals surface area contributed by atoms with Crippen molar-refractivity contribution in [2.45, 2.75) is 0 Å². The normalized spacial score (nSPS) is 9.71. The summed E-state index contributed by atoms with van der Waals surface area (Å²) in [7, 11) is 2.43. The molecule has 0 saturated heterocycles. The van der Waals surface area contributed by atoms with Crippen LogP contribution in [0.1, 0.15) is 5.56 Å². The van der Waals surface area contributed by atoms with E-state index >= 15 is 0 Å². The molecule has 0 aliphatic carbocycles. The van der Waals surface area contributed by atoms with Crippen molar-refractivity contribution in [2.24, 2.45) is 0 Å². The largest absolute Gasteiger partial charge is 0.254 e. The molecule has 2 heterocycles. The van der Waals surface area contributed by atoms with Crippen LogP contribution in [0.3, 0.4) is 0 Å². The fourth-order valence-electron chi connectivity index (χ4n) is 0.946. The smallest absolute Gasteiger partial charge is 0.225 e. The van der Waals surface area contributed by atoms with E-state index in [1.54, 1.807) is 0 Å². The van der Waals surface area contributed by atoms with Crippen molar-refractivity contribution >= 4 is 14.7 Å². The zero-order valence-corrected chi connectivity index (χ0v) is 8.15. The van der Waals surface area contributed by atoms with Crippen LogP contribution in [0.15, 0.2) is 18.9 Å². The summed E-state index contributed by atoms with van der Waals surface area (Å²) in [5.41, 5.74) is 1.12. The Bertz CT molecular complexity index is 485. The van der Waals surface area contributed by atoms with Crippen LogP contribution >= 0.6 is 9.24 Å². The van der Waals surface area contributed by atoms with Gasteiger partial charge in [-0.1, -0.05) is 9.24 Å². The summed E-state index contributed by atoms with van der Waals surface area (Å²) in [5, 5.41) is 12.7. The molecule has 68 valence electrons. The Morgan fingerprint density at radius 3 is 2.64 bits per heavy atom. The minimum Gasteiger partial charge on any atom is -0.225 e. The molecule has 6 nitrogen and oxygen atoms in total. The van der Waals surface area contributed by atoms with Crippen molar-refractivity contribution in [2.75, 3.05) is 0 Å². The Hall–Kier alpha value is -1.86. The maximum Gasteiger partial charge on any atom is 0.254 e. The van der Waals surface area contributed by atoms with Gasteiger partial charge in [0.15, 0.2) is 0 Å². The molecule has 0 bridgehead atoms. The van der Waals surface area contributed by atoms with Gasteiger partial charge in [-0.25, -0.2) is 4.98 Å². The van der Waals surface area contributed by atoms with Gasteiger partial charge in [0.1, 0.15) is 18.7 Å². The molecule has 2 aromatic rings. The summed E-state index contributed by atoms with van der Waals surface area (Å²) in [6, 6.07) is 2.01. The van der Waals surface area contributed by atoms with Gasteiger partial charge in [0.05, 0.1) is 17.2 Å². The van der Waals surface area contributed by atoms with E-state index in [0.29, 0.717) is 16.9 Å². The summed E-state index contributed by atoms with van der Waals surface area (Å²) in [6.45, 7) is 0. The van der Waals surface area contributed by atoms with Crippen molar-refractivity contribution < 1.29 is 0 Å². The van der Waals surface area contributed by atoms with Gasteiger partial charge in [-0.15, -0.1) is 0 Å². The second-order valence-electron chi connectivity index (χ2n) is 2.41. The van der Waals surface area contributed by atoms with E-state index in [1.807, 2.05) is 6.07 Å². The van der Waals surface area contributed by atoms with Gasteiger partial charge < -0.3 is 0 Å². The average molecular weight is 204 g/mol. The summed E-state index contributed by atoms with van der Waals surface area (Å²) in [4.78, 5) is 11.5. The van der Waals surface area contributed by atoms with Crippen LogP contribution in [0.25, 0.3) is 5.95 Å². The van der Waals surface area contributed by atoms with Crippen LogP contribution in [0.2, 0.25) is 0 Å².